The van der Waals surface area contributed by atoms with Crippen molar-refractivity contribution in [3.63, 3.8) is 0 Å². The highest BCUT2D eigenvalue weighted by atomic mass is 16.2. The van der Waals surface area contributed by atoms with Gasteiger partial charge in [0.15, 0.2) is 0 Å². The Balaban J connectivity index is 1.53. The molecule has 0 aromatic heterocycles. The highest BCUT2D eigenvalue weighted by molar-refractivity contribution is 5.79. The number of benzene rings is 1. The molecular weight excluding hydrogens is 260 g/mol. The number of amides is 1. The minimum atomic E-state index is 0.343. The van der Waals surface area contributed by atoms with Crippen molar-refractivity contribution in [1.82, 2.24) is 9.80 Å². The summed E-state index contributed by atoms with van der Waals surface area (Å²) < 4.78 is 0. The van der Waals surface area contributed by atoms with Crippen molar-refractivity contribution < 1.29 is 4.79 Å². The zero-order chi connectivity index (χ0) is 14.8. The van der Waals surface area contributed by atoms with Crippen molar-refractivity contribution in [2.45, 2.75) is 39.7 Å². The van der Waals surface area contributed by atoms with Crippen LogP contribution in [0.1, 0.15) is 36.0 Å². The number of rotatable bonds is 3. The van der Waals surface area contributed by atoms with Gasteiger partial charge in [0.05, 0.1) is 0 Å². The minimum absolute atomic E-state index is 0.343. The van der Waals surface area contributed by atoms with E-state index in [1.807, 2.05) is 0 Å². The summed E-state index contributed by atoms with van der Waals surface area (Å²) in [6, 6.07) is 6.68. The fourth-order valence-electron chi connectivity index (χ4n) is 3.25. The zero-order valence-electron chi connectivity index (χ0n) is 13.3. The molecule has 1 saturated heterocycles. The van der Waals surface area contributed by atoms with Gasteiger partial charge in [0, 0.05) is 38.6 Å². The summed E-state index contributed by atoms with van der Waals surface area (Å²) in [4.78, 5) is 16.8. The quantitative estimate of drug-likeness (QED) is 0.853. The second-order valence-electron chi connectivity index (χ2n) is 6.66. The van der Waals surface area contributed by atoms with Crippen LogP contribution in [0.2, 0.25) is 0 Å². The lowest BCUT2D eigenvalue weighted by atomic mass is 9.84. The van der Waals surface area contributed by atoms with Crippen LogP contribution in [0, 0.1) is 19.8 Å². The summed E-state index contributed by atoms with van der Waals surface area (Å²) in [5.41, 5.74) is 4.12. The third kappa shape index (κ3) is 3.29. The van der Waals surface area contributed by atoms with Gasteiger partial charge in [0.1, 0.15) is 0 Å². The first-order valence-corrected chi connectivity index (χ1v) is 8.21. The molecule has 0 atom stereocenters. The summed E-state index contributed by atoms with van der Waals surface area (Å²) in [6.45, 7) is 9.17. The molecule has 1 saturated carbocycles. The summed E-state index contributed by atoms with van der Waals surface area (Å²) >= 11 is 0. The Kier molecular flexibility index (Phi) is 4.29. The SMILES string of the molecule is Cc1ccc(C)c(CN2CCN(C(=O)C3CCC3)CC2)c1. The van der Waals surface area contributed by atoms with Crippen LogP contribution < -0.4 is 0 Å². The highest BCUT2D eigenvalue weighted by Gasteiger charge is 2.31. The van der Waals surface area contributed by atoms with Crippen LogP contribution in [0.15, 0.2) is 18.2 Å². The number of hydrogen-bond acceptors (Lipinski definition) is 2. The van der Waals surface area contributed by atoms with Crippen LogP contribution in [0.5, 0.6) is 0 Å². The number of nitrogens with zero attached hydrogens (tertiary/aromatic N) is 2. The van der Waals surface area contributed by atoms with Gasteiger partial charge in [-0.3, -0.25) is 9.69 Å². The van der Waals surface area contributed by atoms with Gasteiger partial charge >= 0.3 is 0 Å². The minimum Gasteiger partial charge on any atom is -0.340 e. The third-order valence-corrected chi connectivity index (χ3v) is 5.04. The Bertz CT molecular complexity index is 514. The van der Waals surface area contributed by atoms with E-state index in [4.69, 9.17) is 0 Å². The molecule has 1 heterocycles. The van der Waals surface area contributed by atoms with Gasteiger partial charge in [-0.2, -0.15) is 0 Å². The van der Waals surface area contributed by atoms with E-state index in [0.29, 0.717) is 11.8 Å². The average molecular weight is 286 g/mol. The molecule has 21 heavy (non-hydrogen) atoms. The first-order valence-electron chi connectivity index (χ1n) is 8.21. The van der Waals surface area contributed by atoms with Crippen molar-refractivity contribution in [2.75, 3.05) is 26.2 Å². The second kappa shape index (κ2) is 6.18. The molecule has 1 aromatic carbocycles. The zero-order valence-corrected chi connectivity index (χ0v) is 13.3. The molecule has 1 aliphatic carbocycles. The standard InChI is InChI=1S/C18H26N2O/c1-14-6-7-15(2)17(12-14)13-19-8-10-20(11-9-19)18(21)16-4-3-5-16/h6-7,12,16H,3-5,8-11,13H2,1-2H3. The van der Waals surface area contributed by atoms with Crippen molar-refractivity contribution in [2.24, 2.45) is 5.92 Å². The first-order chi connectivity index (χ1) is 10.1. The Labute approximate surface area is 127 Å². The van der Waals surface area contributed by atoms with Gasteiger partial charge in [-0.05, 0) is 37.8 Å². The van der Waals surface area contributed by atoms with Gasteiger partial charge in [-0.25, -0.2) is 0 Å². The molecule has 114 valence electrons. The first kappa shape index (κ1) is 14.6. The normalized spacial score (nSPS) is 20.4. The van der Waals surface area contributed by atoms with Gasteiger partial charge in [-0.15, -0.1) is 0 Å². The molecule has 1 aliphatic heterocycles. The predicted molar refractivity (Wildman–Crippen MR) is 85.1 cm³/mol. The van der Waals surface area contributed by atoms with E-state index >= 15 is 0 Å². The van der Waals surface area contributed by atoms with Gasteiger partial charge in [0.25, 0.3) is 0 Å². The summed E-state index contributed by atoms with van der Waals surface area (Å²) in [6.07, 6.45) is 3.46. The third-order valence-electron chi connectivity index (χ3n) is 5.04. The number of aryl methyl sites for hydroxylation is 2. The van der Waals surface area contributed by atoms with E-state index in [1.54, 1.807) is 0 Å². The van der Waals surface area contributed by atoms with E-state index in [-0.39, 0.29) is 0 Å². The summed E-state index contributed by atoms with van der Waals surface area (Å²) in [7, 11) is 0. The molecule has 0 radical (unpaired) electrons. The van der Waals surface area contributed by atoms with E-state index < -0.39 is 0 Å². The molecule has 1 aromatic rings. The average Bonchev–Trinajstić information content (AvgIpc) is 2.42. The molecule has 0 unspecified atom stereocenters. The molecule has 2 fully saturated rings. The fraction of sp³-hybridized carbons (Fsp3) is 0.611. The van der Waals surface area contributed by atoms with Crippen molar-refractivity contribution >= 4 is 5.91 Å². The van der Waals surface area contributed by atoms with E-state index in [1.165, 1.54) is 23.1 Å². The van der Waals surface area contributed by atoms with E-state index in [0.717, 1.165) is 45.6 Å². The maximum atomic E-state index is 12.3. The molecule has 3 rings (SSSR count). The van der Waals surface area contributed by atoms with Gasteiger partial charge < -0.3 is 4.90 Å². The fourth-order valence-corrected chi connectivity index (χ4v) is 3.25. The Hall–Kier alpha value is -1.35. The number of carbonyl (C=O) groups excluding carboxylic acids is 1. The maximum absolute atomic E-state index is 12.3. The monoisotopic (exact) mass is 286 g/mol. The summed E-state index contributed by atoms with van der Waals surface area (Å²) in [5, 5.41) is 0. The number of carbonyl (C=O) groups is 1. The van der Waals surface area contributed by atoms with Crippen LogP contribution in [0.4, 0.5) is 0 Å². The lowest BCUT2D eigenvalue weighted by Gasteiger charge is -2.38. The Morgan fingerprint density at radius 1 is 1.14 bits per heavy atom. The van der Waals surface area contributed by atoms with Crippen LogP contribution in [0.25, 0.3) is 0 Å². The van der Waals surface area contributed by atoms with Crippen LogP contribution in [-0.2, 0) is 11.3 Å². The van der Waals surface area contributed by atoms with Crippen LogP contribution in [-0.4, -0.2) is 41.9 Å². The lowest BCUT2D eigenvalue weighted by Crippen LogP contribution is -2.50. The molecule has 0 bridgehead atoms. The maximum Gasteiger partial charge on any atom is 0.225 e. The van der Waals surface area contributed by atoms with Crippen LogP contribution >= 0.6 is 0 Å². The Morgan fingerprint density at radius 3 is 2.48 bits per heavy atom. The van der Waals surface area contributed by atoms with Gasteiger partial charge in [-0.1, -0.05) is 30.2 Å². The molecule has 0 N–H and O–H groups in total. The number of hydrogen-bond donors (Lipinski definition) is 0. The van der Waals surface area contributed by atoms with Crippen molar-refractivity contribution in [3.8, 4) is 0 Å². The molecule has 3 nitrogen and oxygen atoms in total. The molecule has 3 heteroatoms. The predicted octanol–water partition coefficient (Wildman–Crippen LogP) is 2.75. The Morgan fingerprint density at radius 2 is 1.86 bits per heavy atom. The molecule has 1 amide bonds. The van der Waals surface area contributed by atoms with E-state index in [2.05, 4.69) is 41.8 Å². The van der Waals surface area contributed by atoms with Gasteiger partial charge in [0.2, 0.25) is 5.91 Å². The van der Waals surface area contributed by atoms with Crippen LogP contribution in [0.3, 0.4) is 0 Å². The summed E-state index contributed by atoms with van der Waals surface area (Å²) in [5.74, 6) is 0.753. The molecule has 2 aliphatic rings. The smallest absolute Gasteiger partial charge is 0.225 e. The highest BCUT2D eigenvalue weighted by Crippen LogP contribution is 2.28. The van der Waals surface area contributed by atoms with Crippen molar-refractivity contribution in [1.29, 1.82) is 0 Å². The molecular formula is C18H26N2O. The largest absolute Gasteiger partial charge is 0.340 e. The van der Waals surface area contributed by atoms with E-state index in [9.17, 15) is 4.79 Å². The number of piperazine rings is 1. The topological polar surface area (TPSA) is 23.6 Å². The lowest BCUT2D eigenvalue weighted by molar-refractivity contribution is -0.140. The van der Waals surface area contributed by atoms with Crippen molar-refractivity contribution in [3.05, 3.63) is 34.9 Å². The second-order valence-corrected chi connectivity index (χ2v) is 6.66. The molecule has 0 spiro atoms.